The highest BCUT2D eigenvalue weighted by Gasteiger charge is 2.20. The van der Waals surface area contributed by atoms with Gasteiger partial charge < -0.3 is 10.2 Å². The highest BCUT2D eigenvalue weighted by molar-refractivity contribution is 9.10. The standard InChI is InChI=1S/C18H22BrN7O2S/c1-11-4-6-26(7-5-11)14-3-2-13(29(20,27)28)8-12(14)9-21-17-15-16(19)24-25-18(15)23-10-22-17/h2-3,8,10-11H,4-7,9H2,1H3,(H2,20,27,28)(H2,21,22,23,24,25). The number of sulfonamides is 1. The van der Waals surface area contributed by atoms with E-state index in [2.05, 4.69) is 53.2 Å². The molecule has 0 amide bonds. The minimum Gasteiger partial charge on any atom is -0.371 e. The number of hydrogen-bond donors (Lipinski definition) is 3. The molecule has 2 aromatic heterocycles. The number of aromatic nitrogens is 4. The van der Waals surface area contributed by atoms with Crippen molar-refractivity contribution in [3.63, 3.8) is 0 Å². The lowest BCUT2D eigenvalue weighted by Crippen LogP contribution is -2.33. The molecule has 0 spiro atoms. The molecule has 1 aromatic carbocycles. The number of hydrogen-bond acceptors (Lipinski definition) is 7. The zero-order valence-corrected chi connectivity index (χ0v) is 18.3. The Bertz CT molecular complexity index is 1140. The molecule has 11 heteroatoms. The fourth-order valence-corrected chi connectivity index (χ4v) is 4.59. The first-order valence-electron chi connectivity index (χ1n) is 9.32. The number of fused-ring (bicyclic) bond motifs is 1. The second-order valence-electron chi connectivity index (χ2n) is 7.32. The number of nitrogens with two attached hydrogens (primary N) is 1. The van der Waals surface area contributed by atoms with Crippen LogP contribution in [0, 0.1) is 5.92 Å². The van der Waals surface area contributed by atoms with Crippen LogP contribution >= 0.6 is 15.9 Å². The summed E-state index contributed by atoms with van der Waals surface area (Å²) in [7, 11) is -3.79. The second kappa shape index (κ2) is 7.88. The average molecular weight is 480 g/mol. The summed E-state index contributed by atoms with van der Waals surface area (Å²) in [6, 6.07) is 5.05. The molecule has 0 aliphatic carbocycles. The van der Waals surface area contributed by atoms with Crippen molar-refractivity contribution in [2.45, 2.75) is 31.2 Å². The Kier molecular flexibility index (Phi) is 5.45. The smallest absolute Gasteiger partial charge is 0.238 e. The molecule has 1 aliphatic rings. The van der Waals surface area contributed by atoms with Gasteiger partial charge in [-0.1, -0.05) is 6.92 Å². The van der Waals surface area contributed by atoms with Crippen LogP contribution in [0.15, 0.2) is 34.0 Å². The molecule has 1 fully saturated rings. The maximum Gasteiger partial charge on any atom is 0.238 e. The number of halogens is 1. The van der Waals surface area contributed by atoms with Crippen LogP contribution in [-0.4, -0.2) is 41.7 Å². The normalized spacial score (nSPS) is 15.8. The molecule has 3 aromatic rings. The third kappa shape index (κ3) is 4.21. The minimum absolute atomic E-state index is 0.0979. The summed E-state index contributed by atoms with van der Waals surface area (Å²) in [5.41, 5.74) is 2.39. The third-order valence-corrected chi connectivity index (χ3v) is 6.74. The van der Waals surface area contributed by atoms with E-state index in [0.29, 0.717) is 28.5 Å². The minimum atomic E-state index is -3.79. The third-order valence-electron chi connectivity index (χ3n) is 5.26. The van der Waals surface area contributed by atoms with Crippen molar-refractivity contribution < 1.29 is 8.42 Å². The second-order valence-corrected chi connectivity index (χ2v) is 9.67. The molecule has 4 N–H and O–H groups in total. The Morgan fingerprint density at radius 2 is 2.07 bits per heavy atom. The lowest BCUT2D eigenvalue weighted by atomic mass is 9.98. The van der Waals surface area contributed by atoms with Gasteiger partial charge in [-0.05, 0) is 58.5 Å². The van der Waals surface area contributed by atoms with Crippen LogP contribution in [0.1, 0.15) is 25.3 Å². The van der Waals surface area contributed by atoms with Gasteiger partial charge in [-0.2, -0.15) is 5.10 Å². The van der Waals surface area contributed by atoms with Crippen LogP contribution in [0.3, 0.4) is 0 Å². The fraction of sp³-hybridized carbons (Fsp3) is 0.389. The van der Waals surface area contributed by atoms with E-state index in [1.807, 2.05) is 6.07 Å². The summed E-state index contributed by atoms with van der Waals surface area (Å²) >= 11 is 3.42. The Morgan fingerprint density at radius 1 is 1.31 bits per heavy atom. The number of primary sulfonamides is 1. The Labute approximate surface area is 177 Å². The van der Waals surface area contributed by atoms with E-state index in [-0.39, 0.29) is 4.90 Å². The van der Waals surface area contributed by atoms with Crippen LogP contribution in [0.5, 0.6) is 0 Å². The molecule has 0 radical (unpaired) electrons. The Hall–Kier alpha value is -2.24. The van der Waals surface area contributed by atoms with Gasteiger partial charge in [0, 0.05) is 25.3 Å². The van der Waals surface area contributed by atoms with Crippen LogP contribution < -0.4 is 15.4 Å². The number of aromatic amines is 1. The van der Waals surface area contributed by atoms with Crippen LogP contribution in [0.4, 0.5) is 11.5 Å². The number of piperidine rings is 1. The molecule has 0 bridgehead atoms. The molecule has 0 atom stereocenters. The van der Waals surface area contributed by atoms with Crippen molar-refractivity contribution in [2.24, 2.45) is 11.1 Å². The molecule has 9 nitrogen and oxygen atoms in total. The lowest BCUT2D eigenvalue weighted by Gasteiger charge is -2.33. The molecular formula is C18H22BrN7O2S. The number of nitrogens with zero attached hydrogens (tertiary/aromatic N) is 4. The highest BCUT2D eigenvalue weighted by Crippen LogP contribution is 2.30. The zero-order chi connectivity index (χ0) is 20.6. The summed E-state index contributed by atoms with van der Waals surface area (Å²) in [6.07, 6.45) is 3.66. The Balaban J connectivity index is 1.67. The molecule has 29 heavy (non-hydrogen) atoms. The molecule has 1 aliphatic heterocycles. The maximum atomic E-state index is 11.9. The molecule has 0 unspecified atom stereocenters. The topological polar surface area (TPSA) is 130 Å². The maximum absolute atomic E-state index is 11.9. The molecule has 4 rings (SSSR count). The zero-order valence-electron chi connectivity index (χ0n) is 15.9. The van der Waals surface area contributed by atoms with Gasteiger partial charge in [-0.25, -0.2) is 23.5 Å². The van der Waals surface area contributed by atoms with E-state index < -0.39 is 10.0 Å². The SMILES string of the molecule is CC1CCN(c2ccc(S(N)(=O)=O)cc2CNc2ncnc3n[nH]c(Br)c23)CC1. The summed E-state index contributed by atoms with van der Waals surface area (Å²) in [5.74, 6) is 1.30. The fourth-order valence-electron chi connectivity index (χ4n) is 3.57. The van der Waals surface area contributed by atoms with Gasteiger partial charge in [-0.3, -0.25) is 5.10 Å². The summed E-state index contributed by atoms with van der Waals surface area (Å²) in [4.78, 5) is 10.8. The van der Waals surface area contributed by atoms with Crippen molar-refractivity contribution in [1.29, 1.82) is 0 Å². The van der Waals surface area contributed by atoms with Gasteiger partial charge in [0.15, 0.2) is 5.65 Å². The van der Waals surface area contributed by atoms with E-state index in [1.54, 1.807) is 12.1 Å². The van der Waals surface area contributed by atoms with Crippen LogP contribution in [0.25, 0.3) is 11.0 Å². The predicted molar refractivity (Wildman–Crippen MR) is 115 cm³/mol. The molecule has 3 heterocycles. The van der Waals surface area contributed by atoms with E-state index >= 15 is 0 Å². The van der Waals surface area contributed by atoms with Gasteiger partial charge in [0.05, 0.1) is 10.3 Å². The average Bonchev–Trinajstić information content (AvgIpc) is 3.08. The summed E-state index contributed by atoms with van der Waals surface area (Å²) in [6.45, 7) is 4.52. The van der Waals surface area contributed by atoms with E-state index in [1.165, 1.54) is 6.33 Å². The van der Waals surface area contributed by atoms with Crippen LogP contribution in [0.2, 0.25) is 0 Å². The van der Waals surface area contributed by atoms with Crippen LogP contribution in [-0.2, 0) is 16.6 Å². The number of anilines is 2. The van der Waals surface area contributed by atoms with Gasteiger partial charge in [0.1, 0.15) is 16.7 Å². The first kappa shape index (κ1) is 20.0. The van der Waals surface area contributed by atoms with Gasteiger partial charge >= 0.3 is 0 Å². The quantitative estimate of drug-likeness (QED) is 0.512. The van der Waals surface area contributed by atoms with Gasteiger partial charge in [0.25, 0.3) is 0 Å². The number of nitrogens with one attached hydrogen (secondary N) is 2. The summed E-state index contributed by atoms with van der Waals surface area (Å²) in [5, 5.41) is 16.3. The van der Waals surface area contributed by atoms with Crippen molar-refractivity contribution in [1.82, 2.24) is 20.2 Å². The first-order valence-corrected chi connectivity index (χ1v) is 11.7. The molecule has 1 saturated heterocycles. The van der Waals surface area contributed by atoms with Gasteiger partial charge in [-0.15, -0.1) is 0 Å². The highest BCUT2D eigenvalue weighted by atomic mass is 79.9. The molecule has 0 saturated carbocycles. The van der Waals surface area contributed by atoms with E-state index in [4.69, 9.17) is 5.14 Å². The lowest BCUT2D eigenvalue weighted by molar-refractivity contribution is 0.438. The van der Waals surface area contributed by atoms with Gasteiger partial charge in [0.2, 0.25) is 10.0 Å². The number of benzene rings is 1. The number of H-pyrrole nitrogens is 1. The van der Waals surface area contributed by atoms with Crippen molar-refractivity contribution in [3.8, 4) is 0 Å². The van der Waals surface area contributed by atoms with E-state index in [0.717, 1.165) is 42.6 Å². The number of rotatable bonds is 5. The largest absolute Gasteiger partial charge is 0.371 e. The van der Waals surface area contributed by atoms with Crippen molar-refractivity contribution in [3.05, 3.63) is 34.7 Å². The van der Waals surface area contributed by atoms with Crippen molar-refractivity contribution >= 4 is 48.5 Å². The molecular weight excluding hydrogens is 458 g/mol. The van der Waals surface area contributed by atoms with E-state index in [9.17, 15) is 8.42 Å². The predicted octanol–water partition coefficient (Wildman–Crippen LogP) is 2.61. The Morgan fingerprint density at radius 3 is 2.79 bits per heavy atom. The van der Waals surface area contributed by atoms with Crippen molar-refractivity contribution in [2.75, 3.05) is 23.3 Å². The first-order chi connectivity index (χ1) is 13.8. The molecule has 154 valence electrons. The monoisotopic (exact) mass is 479 g/mol. The summed E-state index contributed by atoms with van der Waals surface area (Å²) < 4.78 is 24.4.